The van der Waals surface area contributed by atoms with Gasteiger partial charge in [0.25, 0.3) is 5.91 Å². The quantitative estimate of drug-likeness (QED) is 0.372. The molecule has 1 aliphatic rings. The molecule has 0 spiro atoms. The molecule has 1 saturated heterocycles. The minimum atomic E-state index is -3.56. The molecule has 0 bridgehead atoms. The van der Waals surface area contributed by atoms with Crippen molar-refractivity contribution in [3.63, 3.8) is 0 Å². The van der Waals surface area contributed by atoms with Gasteiger partial charge in [-0.25, -0.2) is 13.8 Å². The lowest BCUT2D eigenvalue weighted by molar-refractivity contribution is -0.122. The number of nitrogens with one attached hydrogen (secondary N) is 1. The first-order chi connectivity index (χ1) is 16.3. The third kappa shape index (κ3) is 6.06. The number of carbonyl (C=O) groups is 1. The van der Waals surface area contributed by atoms with Gasteiger partial charge in [0.05, 0.1) is 39.0 Å². The molecule has 0 atom stereocenters. The van der Waals surface area contributed by atoms with Crippen molar-refractivity contribution >= 4 is 38.1 Å². The number of hydrogen-bond donors (Lipinski definition) is 1. The van der Waals surface area contributed by atoms with Crippen LogP contribution in [0.3, 0.4) is 0 Å². The standard InChI is InChI=1S/C22H27BrN4O6S/c1-31-19-9-4-16(21(32-2)22(19)33-3)14-24-25-20(28)15-26-10-12-27(13-11-26)34(29,30)18-7-5-17(23)6-8-18/h4-9,14H,10-13,15H2,1-3H3,(H,25,28)/b24-14+. The Bertz CT molecular complexity index is 1130. The molecule has 0 aliphatic carbocycles. The normalized spacial score (nSPS) is 15.3. The predicted octanol–water partition coefficient (Wildman–Crippen LogP) is 1.93. The summed E-state index contributed by atoms with van der Waals surface area (Å²) in [6.45, 7) is 1.59. The summed E-state index contributed by atoms with van der Waals surface area (Å²) in [5, 5.41) is 4.01. The molecule has 34 heavy (non-hydrogen) atoms. The average molecular weight is 555 g/mol. The topological polar surface area (TPSA) is 110 Å². The molecule has 0 radical (unpaired) electrons. The van der Waals surface area contributed by atoms with Crippen molar-refractivity contribution in [3.05, 3.63) is 46.4 Å². The van der Waals surface area contributed by atoms with Gasteiger partial charge in [-0.2, -0.15) is 9.41 Å². The maximum atomic E-state index is 12.8. The third-order valence-electron chi connectivity index (χ3n) is 5.28. The van der Waals surface area contributed by atoms with Crippen LogP contribution in [0.25, 0.3) is 0 Å². The number of rotatable bonds is 9. The van der Waals surface area contributed by atoms with Gasteiger partial charge in [0.2, 0.25) is 15.8 Å². The average Bonchev–Trinajstić information content (AvgIpc) is 2.84. The monoisotopic (exact) mass is 554 g/mol. The molecule has 1 fully saturated rings. The molecule has 0 unspecified atom stereocenters. The van der Waals surface area contributed by atoms with E-state index in [0.29, 0.717) is 49.0 Å². The largest absolute Gasteiger partial charge is 0.493 e. The maximum absolute atomic E-state index is 12.8. The summed E-state index contributed by atoms with van der Waals surface area (Å²) in [6.07, 6.45) is 1.46. The molecule has 0 aromatic heterocycles. The molecular weight excluding hydrogens is 528 g/mol. The lowest BCUT2D eigenvalue weighted by atomic mass is 10.2. The van der Waals surface area contributed by atoms with Crippen molar-refractivity contribution < 1.29 is 27.4 Å². The summed E-state index contributed by atoms with van der Waals surface area (Å²) in [5.74, 6) is 1.07. The second kappa shape index (κ2) is 11.6. The minimum absolute atomic E-state index is 0.104. The van der Waals surface area contributed by atoms with E-state index in [0.717, 1.165) is 4.47 Å². The number of hydrogen-bond acceptors (Lipinski definition) is 8. The van der Waals surface area contributed by atoms with E-state index in [2.05, 4.69) is 26.5 Å². The zero-order valence-corrected chi connectivity index (χ0v) is 21.6. The maximum Gasteiger partial charge on any atom is 0.254 e. The van der Waals surface area contributed by atoms with Gasteiger partial charge in [-0.3, -0.25) is 9.69 Å². The molecule has 1 aliphatic heterocycles. The van der Waals surface area contributed by atoms with Crippen molar-refractivity contribution in [1.29, 1.82) is 0 Å². The Morgan fingerprint density at radius 2 is 1.65 bits per heavy atom. The van der Waals surface area contributed by atoms with Gasteiger partial charge in [-0.1, -0.05) is 15.9 Å². The van der Waals surface area contributed by atoms with Crippen molar-refractivity contribution in [1.82, 2.24) is 14.6 Å². The van der Waals surface area contributed by atoms with Gasteiger partial charge in [-0.05, 0) is 36.4 Å². The number of sulfonamides is 1. The Balaban J connectivity index is 1.53. The van der Waals surface area contributed by atoms with Crippen LogP contribution in [0.4, 0.5) is 0 Å². The highest BCUT2D eigenvalue weighted by Crippen LogP contribution is 2.38. The number of carbonyl (C=O) groups excluding carboxylic acids is 1. The Kier molecular flexibility index (Phi) is 8.89. The Morgan fingerprint density at radius 3 is 2.24 bits per heavy atom. The van der Waals surface area contributed by atoms with Gasteiger partial charge < -0.3 is 14.2 Å². The number of amides is 1. The van der Waals surface area contributed by atoms with Crippen LogP contribution in [-0.2, 0) is 14.8 Å². The van der Waals surface area contributed by atoms with E-state index in [1.807, 2.05) is 4.90 Å². The highest BCUT2D eigenvalue weighted by Gasteiger charge is 2.29. The molecule has 1 heterocycles. The molecule has 1 N–H and O–H groups in total. The smallest absolute Gasteiger partial charge is 0.254 e. The number of hydrazone groups is 1. The predicted molar refractivity (Wildman–Crippen MR) is 131 cm³/mol. The Labute approximate surface area is 207 Å². The second-order valence-corrected chi connectivity index (χ2v) is 10.2. The summed E-state index contributed by atoms with van der Waals surface area (Å²) in [7, 11) is 0.977. The Morgan fingerprint density at radius 1 is 1.00 bits per heavy atom. The molecule has 0 saturated carbocycles. The van der Waals surface area contributed by atoms with Crippen LogP contribution in [0.1, 0.15) is 5.56 Å². The van der Waals surface area contributed by atoms with Crippen LogP contribution in [0.15, 0.2) is 50.9 Å². The molecule has 3 rings (SSSR count). The highest BCUT2D eigenvalue weighted by atomic mass is 79.9. The molecule has 12 heteroatoms. The third-order valence-corrected chi connectivity index (χ3v) is 7.72. The molecule has 10 nitrogen and oxygen atoms in total. The summed E-state index contributed by atoms with van der Waals surface area (Å²) in [4.78, 5) is 14.5. The van der Waals surface area contributed by atoms with Gasteiger partial charge in [0.15, 0.2) is 11.5 Å². The van der Waals surface area contributed by atoms with Crippen molar-refractivity contribution in [2.45, 2.75) is 4.90 Å². The first-order valence-corrected chi connectivity index (χ1v) is 12.6. The molecular formula is C22H27BrN4O6S. The summed E-state index contributed by atoms with van der Waals surface area (Å²) >= 11 is 3.31. The zero-order valence-electron chi connectivity index (χ0n) is 19.2. The second-order valence-electron chi connectivity index (χ2n) is 7.35. The number of nitrogens with zero attached hydrogens (tertiary/aromatic N) is 3. The first-order valence-electron chi connectivity index (χ1n) is 10.4. The van der Waals surface area contributed by atoms with E-state index >= 15 is 0 Å². The van der Waals surface area contributed by atoms with Gasteiger partial charge in [0, 0.05) is 36.2 Å². The van der Waals surface area contributed by atoms with E-state index in [1.165, 1.54) is 31.8 Å². The van der Waals surface area contributed by atoms with Crippen molar-refractivity contribution in [3.8, 4) is 17.2 Å². The minimum Gasteiger partial charge on any atom is -0.493 e. The molecule has 2 aromatic carbocycles. The molecule has 184 valence electrons. The van der Waals surface area contributed by atoms with E-state index in [1.54, 1.807) is 36.4 Å². The van der Waals surface area contributed by atoms with Crippen LogP contribution in [0.5, 0.6) is 17.2 Å². The Hall–Kier alpha value is -2.67. The lowest BCUT2D eigenvalue weighted by Gasteiger charge is -2.33. The number of methoxy groups -OCH3 is 3. The summed E-state index contributed by atoms with van der Waals surface area (Å²) < 4.78 is 43.8. The van der Waals surface area contributed by atoms with Crippen molar-refractivity contribution in [2.24, 2.45) is 5.10 Å². The number of piperazine rings is 1. The number of benzene rings is 2. The molecule has 2 aromatic rings. The van der Waals surface area contributed by atoms with Crippen LogP contribution in [0.2, 0.25) is 0 Å². The summed E-state index contributed by atoms with van der Waals surface area (Å²) in [6, 6.07) is 10.00. The lowest BCUT2D eigenvalue weighted by Crippen LogP contribution is -2.50. The van der Waals surface area contributed by atoms with Crippen LogP contribution in [-0.4, -0.2) is 83.8 Å². The molecule has 1 amide bonds. The van der Waals surface area contributed by atoms with E-state index in [4.69, 9.17) is 14.2 Å². The SMILES string of the molecule is COc1ccc(/C=N/NC(=O)CN2CCN(S(=O)(=O)c3ccc(Br)cc3)CC2)c(OC)c1OC. The van der Waals surface area contributed by atoms with Crippen LogP contribution >= 0.6 is 15.9 Å². The first kappa shape index (κ1) is 25.9. The fourth-order valence-electron chi connectivity index (χ4n) is 3.52. The van der Waals surface area contributed by atoms with Gasteiger partial charge in [-0.15, -0.1) is 0 Å². The van der Waals surface area contributed by atoms with Gasteiger partial charge >= 0.3 is 0 Å². The number of ether oxygens (including phenoxy) is 3. The zero-order chi connectivity index (χ0) is 24.7. The van der Waals surface area contributed by atoms with Gasteiger partial charge in [0.1, 0.15) is 0 Å². The fourth-order valence-corrected chi connectivity index (χ4v) is 5.21. The van der Waals surface area contributed by atoms with E-state index in [-0.39, 0.29) is 17.3 Å². The summed E-state index contributed by atoms with van der Waals surface area (Å²) in [5.41, 5.74) is 3.10. The van der Waals surface area contributed by atoms with Crippen molar-refractivity contribution in [2.75, 3.05) is 54.1 Å². The number of halogens is 1. The van der Waals surface area contributed by atoms with Crippen LogP contribution in [0, 0.1) is 0 Å². The van der Waals surface area contributed by atoms with Crippen LogP contribution < -0.4 is 19.6 Å². The highest BCUT2D eigenvalue weighted by molar-refractivity contribution is 9.10. The van der Waals surface area contributed by atoms with E-state index < -0.39 is 10.0 Å². The fraction of sp³-hybridized carbons (Fsp3) is 0.364. The van der Waals surface area contributed by atoms with E-state index in [9.17, 15) is 13.2 Å².